The Morgan fingerprint density at radius 2 is 2.05 bits per heavy atom. The maximum absolute atomic E-state index is 12.1. The van der Waals surface area contributed by atoms with E-state index in [0.29, 0.717) is 0 Å². The first-order chi connectivity index (χ1) is 9.54. The van der Waals surface area contributed by atoms with Crippen molar-refractivity contribution in [3.8, 4) is 0 Å². The predicted molar refractivity (Wildman–Crippen MR) is 79.3 cm³/mol. The smallest absolute Gasteiger partial charge is 0.315 e. The number of hydrogen-bond donors (Lipinski definition) is 3. The number of urea groups is 1. The molecule has 20 heavy (non-hydrogen) atoms. The molecule has 0 saturated carbocycles. The van der Waals surface area contributed by atoms with E-state index in [2.05, 4.69) is 15.6 Å². The van der Waals surface area contributed by atoms with Crippen LogP contribution in [-0.2, 0) is 0 Å². The minimum absolute atomic E-state index is 0.0532. The summed E-state index contributed by atoms with van der Waals surface area (Å²) in [5.41, 5.74) is 0.453. The van der Waals surface area contributed by atoms with Crippen LogP contribution >= 0.6 is 0 Å². The second kappa shape index (κ2) is 7.85. The highest BCUT2D eigenvalue weighted by molar-refractivity contribution is 5.75. The molecule has 5 heteroatoms. The molecule has 2 unspecified atom stereocenters. The standard InChI is InChI=1S/C15H25N3O2/c1-4-8-15(3,11-19)18-14(20)17-13(5-2)12-6-9-16-10-7-12/h6-7,9-10,13,19H,4-5,8,11H2,1-3H3,(H2,17,18,20). The van der Waals surface area contributed by atoms with Gasteiger partial charge < -0.3 is 15.7 Å². The van der Waals surface area contributed by atoms with Crippen molar-refractivity contribution in [2.45, 2.75) is 51.6 Å². The number of carbonyl (C=O) groups excluding carboxylic acids is 1. The third kappa shape index (κ3) is 4.81. The van der Waals surface area contributed by atoms with Crippen LogP contribution < -0.4 is 10.6 Å². The molecule has 2 amide bonds. The van der Waals surface area contributed by atoms with E-state index in [4.69, 9.17) is 0 Å². The first kappa shape index (κ1) is 16.4. The molecule has 1 aromatic heterocycles. The van der Waals surface area contributed by atoms with Gasteiger partial charge in [0.15, 0.2) is 0 Å². The molecule has 5 nitrogen and oxygen atoms in total. The van der Waals surface area contributed by atoms with Crippen LogP contribution in [0, 0.1) is 0 Å². The van der Waals surface area contributed by atoms with E-state index in [-0.39, 0.29) is 18.7 Å². The molecule has 0 fully saturated rings. The zero-order valence-electron chi connectivity index (χ0n) is 12.5. The van der Waals surface area contributed by atoms with Crippen molar-refractivity contribution in [2.75, 3.05) is 6.61 Å². The molecule has 1 rings (SSSR count). The summed E-state index contributed by atoms with van der Waals surface area (Å²) in [6, 6.07) is 3.48. The van der Waals surface area contributed by atoms with Crippen LogP contribution in [0.15, 0.2) is 24.5 Å². The molecule has 0 bridgehead atoms. The molecule has 3 N–H and O–H groups in total. The normalized spacial score (nSPS) is 15.2. The topological polar surface area (TPSA) is 74.2 Å². The first-order valence-electron chi connectivity index (χ1n) is 7.14. The molecule has 1 aromatic rings. The lowest BCUT2D eigenvalue weighted by molar-refractivity contribution is 0.162. The largest absolute Gasteiger partial charge is 0.394 e. The van der Waals surface area contributed by atoms with Gasteiger partial charge >= 0.3 is 6.03 Å². The van der Waals surface area contributed by atoms with Gasteiger partial charge in [0.25, 0.3) is 0 Å². The van der Waals surface area contributed by atoms with E-state index >= 15 is 0 Å². The number of pyridine rings is 1. The fourth-order valence-corrected chi connectivity index (χ4v) is 2.22. The molecular formula is C15H25N3O2. The summed E-state index contributed by atoms with van der Waals surface area (Å²) >= 11 is 0. The molecule has 2 atom stereocenters. The number of nitrogens with zero attached hydrogens (tertiary/aromatic N) is 1. The molecule has 0 aliphatic heterocycles. The summed E-state index contributed by atoms with van der Waals surface area (Å²) < 4.78 is 0. The van der Waals surface area contributed by atoms with Gasteiger partial charge in [-0.3, -0.25) is 4.98 Å². The van der Waals surface area contributed by atoms with E-state index in [9.17, 15) is 9.90 Å². The van der Waals surface area contributed by atoms with Crippen molar-refractivity contribution in [1.29, 1.82) is 0 Å². The van der Waals surface area contributed by atoms with Crippen LogP contribution in [0.25, 0.3) is 0 Å². The van der Waals surface area contributed by atoms with Gasteiger partial charge in [-0.05, 0) is 37.5 Å². The SMILES string of the molecule is CCCC(C)(CO)NC(=O)NC(CC)c1ccncc1. The Labute approximate surface area is 120 Å². The maximum Gasteiger partial charge on any atom is 0.315 e. The number of hydrogen-bond acceptors (Lipinski definition) is 3. The molecule has 0 aliphatic rings. The molecular weight excluding hydrogens is 254 g/mol. The summed E-state index contributed by atoms with van der Waals surface area (Å²) in [7, 11) is 0. The van der Waals surface area contributed by atoms with E-state index in [0.717, 1.165) is 24.8 Å². The van der Waals surface area contributed by atoms with Crippen molar-refractivity contribution in [3.05, 3.63) is 30.1 Å². The lowest BCUT2D eigenvalue weighted by Gasteiger charge is -2.29. The summed E-state index contributed by atoms with van der Waals surface area (Å²) in [6.45, 7) is 5.83. The van der Waals surface area contributed by atoms with Gasteiger partial charge in [-0.2, -0.15) is 0 Å². The second-order valence-corrected chi connectivity index (χ2v) is 5.31. The van der Waals surface area contributed by atoms with Crippen LogP contribution in [0.1, 0.15) is 51.6 Å². The average molecular weight is 279 g/mol. The lowest BCUT2D eigenvalue weighted by atomic mass is 9.97. The minimum atomic E-state index is -0.574. The van der Waals surface area contributed by atoms with Gasteiger partial charge in [-0.25, -0.2) is 4.79 Å². The van der Waals surface area contributed by atoms with E-state index in [1.54, 1.807) is 12.4 Å². The average Bonchev–Trinajstić information content (AvgIpc) is 2.46. The van der Waals surface area contributed by atoms with Gasteiger partial charge in [-0.15, -0.1) is 0 Å². The Bertz CT molecular complexity index is 411. The Morgan fingerprint density at radius 3 is 2.55 bits per heavy atom. The minimum Gasteiger partial charge on any atom is -0.394 e. The van der Waals surface area contributed by atoms with E-state index < -0.39 is 5.54 Å². The molecule has 0 radical (unpaired) electrons. The third-order valence-electron chi connectivity index (χ3n) is 3.39. The van der Waals surface area contributed by atoms with E-state index in [1.807, 2.05) is 32.9 Å². The number of rotatable bonds is 7. The monoisotopic (exact) mass is 279 g/mol. The number of aliphatic hydroxyl groups is 1. The molecule has 0 saturated heterocycles. The molecule has 0 aromatic carbocycles. The maximum atomic E-state index is 12.1. The number of nitrogens with one attached hydrogen (secondary N) is 2. The van der Waals surface area contributed by atoms with Crippen LogP contribution in [0.4, 0.5) is 4.79 Å². The van der Waals surface area contributed by atoms with Crippen molar-refractivity contribution >= 4 is 6.03 Å². The Kier molecular flexibility index (Phi) is 6.45. The number of carbonyl (C=O) groups is 1. The summed E-state index contributed by atoms with van der Waals surface area (Å²) in [5, 5.41) is 15.2. The third-order valence-corrected chi connectivity index (χ3v) is 3.39. The molecule has 112 valence electrons. The number of amides is 2. The van der Waals surface area contributed by atoms with Crippen LogP contribution in [0.2, 0.25) is 0 Å². The number of aliphatic hydroxyl groups excluding tert-OH is 1. The lowest BCUT2D eigenvalue weighted by Crippen LogP contribution is -2.53. The van der Waals surface area contributed by atoms with Gasteiger partial charge in [-0.1, -0.05) is 20.3 Å². The fourth-order valence-electron chi connectivity index (χ4n) is 2.22. The summed E-state index contributed by atoms with van der Waals surface area (Å²) in [5.74, 6) is 0. The highest BCUT2D eigenvalue weighted by Gasteiger charge is 2.25. The van der Waals surface area contributed by atoms with Crippen molar-refractivity contribution in [1.82, 2.24) is 15.6 Å². The zero-order chi connectivity index (χ0) is 15.0. The Hall–Kier alpha value is -1.62. The van der Waals surface area contributed by atoms with Gasteiger partial charge in [0, 0.05) is 12.4 Å². The van der Waals surface area contributed by atoms with Crippen LogP contribution in [0.3, 0.4) is 0 Å². The Balaban J connectivity index is 2.64. The van der Waals surface area contributed by atoms with Gasteiger partial charge in [0.05, 0.1) is 18.2 Å². The van der Waals surface area contributed by atoms with Crippen molar-refractivity contribution in [3.63, 3.8) is 0 Å². The quantitative estimate of drug-likeness (QED) is 0.717. The highest BCUT2D eigenvalue weighted by atomic mass is 16.3. The molecule has 1 heterocycles. The Morgan fingerprint density at radius 1 is 1.40 bits per heavy atom. The van der Waals surface area contributed by atoms with Gasteiger partial charge in [0.1, 0.15) is 0 Å². The molecule has 0 aliphatic carbocycles. The van der Waals surface area contributed by atoms with E-state index in [1.165, 1.54) is 0 Å². The summed E-state index contributed by atoms with van der Waals surface area (Å²) in [6.07, 6.45) is 5.86. The zero-order valence-corrected chi connectivity index (χ0v) is 12.5. The van der Waals surface area contributed by atoms with Crippen molar-refractivity contribution < 1.29 is 9.90 Å². The van der Waals surface area contributed by atoms with Crippen LogP contribution in [0.5, 0.6) is 0 Å². The first-order valence-corrected chi connectivity index (χ1v) is 7.14. The summed E-state index contributed by atoms with van der Waals surface area (Å²) in [4.78, 5) is 16.1. The fraction of sp³-hybridized carbons (Fsp3) is 0.600. The second-order valence-electron chi connectivity index (χ2n) is 5.31. The molecule has 0 spiro atoms. The predicted octanol–water partition coefficient (Wildman–Crippen LogP) is 2.38. The number of aromatic nitrogens is 1. The highest BCUT2D eigenvalue weighted by Crippen LogP contribution is 2.16. The van der Waals surface area contributed by atoms with Crippen LogP contribution in [-0.4, -0.2) is 28.3 Å². The van der Waals surface area contributed by atoms with Gasteiger partial charge in [0.2, 0.25) is 0 Å². The van der Waals surface area contributed by atoms with Crippen molar-refractivity contribution in [2.24, 2.45) is 0 Å².